The minimum absolute atomic E-state index is 0. The molecule has 0 aliphatic carbocycles. The summed E-state index contributed by atoms with van der Waals surface area (Å²) in [6.07, 6.45) is 0. The minimum Gasteiger partial charge on any atom is -0.493 e. The number of rotatable bonds is 7. The highest BCUT2D eigenvalue weighted by molar-refractivity contribution is 5.85. The molecule has 0 saturated carbocycles. The molecule has 0 spiro atoms. The van der Waals surface area contributed by atoms with Gasteiger partial charge in [0.1, 0.15) is 0 Å². The van der Waals surface area contributed by atoms with E-state index in [-0.39, 0.29) is 24.4 Å². The SMILES string of the molecule is COc1cc(C(C)NC(=O)[C@@H](C)N)ccc1OCC(C)C.Cl. The molecule has 3 N–H and O–H groups in total. The van der Waals surface area contributed by atoms with Crippen LogP contribution in [0, 0.1) is 5.92 Å². The van der Waals surface area contributed by atoms with Gasteiger partial charge in [0.2, 0.25) is 5.91 Å². The van der Waals surface area contributed by atoms with Gasteiger partial charge in [-0.3, -0.25) is 4.79 Å². The second kappa shape index (κ2) is 9.54. The Morgan fingerprint density at radius 2 is 1.86 bits per heavy atom. The molecular formula is C16H27ClN2O3. The van der Waals surface area contributed by atoms with Crippen molar-refractivity contribution in [3.05, 3.63) is 23.8 Å². The molecule has 6 heteroatoms. The largest absolute Gasteiger partial charge is 0.493 e. The molecule has 2 atom stereocenters. The first kappa shape index (κ1) is 20.5. The van der Waals surface area contributed by atoms with Gasteiger partial charge < -0.3 is 20.5 Å². The second-order valence-electron chi connectivity index (χ2n) is 5.63. The van der Waals surface area contributed by atoms with E-state index < -0.39 is 6.04 Å². The van der Waals surface area contributed by atoms with Crippen LogP contribution in [0.5, 0.6) is 11.5 Å². The summed E-state index contributed by atoms with van der Waals surface area (Å²) in [6, 6.07) is 5.00. The normalized spacial score (nSPS) is 13.0. The molecule has 1 aromatic carbocycles. The molecule has 0 radical (unpaired) electrons. The molecule has 0 bridgehead atoms. The van der Waals surface area contributed by atoms with Crippen molar-refractivity contribution in [1.29, 1.82) is 0 Å². The van der Waals surface area contributed by atoms with Gasteiger partial charge in [-0.15, -0.1) is 12.4 Å². The highest BCUT2D eigenvalue weighted by atomic mass is 35.5. The number of methoxy groups -OCH3 is 1. The molecule has 0 aromatic heterocycles. The van der Waals surface area contributed by atoms with Crippen molar-refractivity contribution in [2.45, 2.75) is 39.8 Å². The number of carbonyl (C=O) groups is 1. The summed E-state index contributed by atoms with van der Waals surface area (Å²) in [4.78, 5) is 11.6. The number of nitrogens with one attached hydrogen (secondary N) is 1. The van der Waals surface area contributed by atoms with Crippen LogP contribution in [0.3, 0.4) is 0 Å². The fourth-order valence-corrected chi connectivity index (χ4v) is 1.76. The number of hydrogen-bond donors (Lipinski definition) is 2. The number of ether oxygens (including phenoxy) is 2. The average molecular weight is 331 g/mol. The molecule has 1 rings (SSSR count). The zero-order chi connectivity index (χ0) is 16.0. The monoisotopic (exact) mass is 330 g/mol. The predicted molar refractivity (Wildman–Crippen MR) is 90.8 cm³/mol. The summed E-state index contributed by atoms with van der Waals surface area (Å²) in [7, 11) is 1.60. The van der Waals surface area contributed by atoms with E-state index in [0.29, 0.717) is 24.0 Å². The van der Waals surface area contributed by atoms with Gasteiger partial charge in [-0.2, -0.15) is 0 Å². The molecule has 5 nitrogen and oxygen atoms in total. The Balaban J connectivity index is 0.00000441. The summed E-state index contributed by atoms with van der Waals surface area (Å²) < 4.78 is 11.1. The molecule has 0 fully saturated rings. The van der Waals surface area contributed by atoms with E-state index in [9.17, 15) is 4.79 Å². The molecule has 1 amide bonds. The maximum Gasteiger partial charge on any atom is 0.237 e. The van der Waals surface area contributed by atoms with Crippen LogP contribution in [0.4, 0.5) is 0 Å². The standard InChI is InChI=1S/C16H26N2O3.ClH/c1-10(2)9-21-14-7-6-13(8-15(14)20-5)12(4)18-16(19)11(3)17;/h6-8,10-12H,9,17H2,1-5H3,(H,18,19);1H/t11-,12?;/m1./s1. The Morgan fingerprint density at radius 1 is 1.23 bits per heavy atom. The quantitative estimate of drug-likeness (QED) is 0.806. The van der Waals surface area contributed by atoms with Crippen LogP contribution in [0.15, 0.2) is 18.2 Å². The Morgan fingerprint density at radius 3 is 2.36 bits per heavy atom. The van der Waals surface area contributed by atoms with Gasteiger partial charge in [-0.05, 0) is 37.5 Å². The van der Waals surface area contributed by atoms with Crippen LogP contribution in [0.25, 0.3) is 0 Å². The smallest absolute Gasteiger partial charge is 0.237 e. The van der Waals surface area contributed by atoms with Gasteiger partial charge in [-0.25, -0.2) is 0 Å². The summed E-state index contributed by atoms with van der Waals surface area (Å²) in [5.74, 6) is 1.64. The summed E-state index contributed by atoms with van der Waals surface area (Å²) in [6.45, 7) is 8.38. The Bertz CT molecular complexity index is 478. The van der Waals surface area contributed by atoms with E-state index in [1.807, 2.05) is 25.1 Å². The first-order chi connectivity index (χ1) is 9.85. The lowest BCUT2D eigenvalue weighted by Crippen LogP contribution is -2.39. The van der Waals surface area contributed by atoms with E-state index in [2.05, 4.69) is 19.2 Å². The maximum absolute atomic E-state index is 11.6. The van der Waals surface area contributed by atoms with Crippen LogP contribution in [0.1, 0.15) is 39.3 Å². The minimum atomic E-state index is -0.525. The number of hydrogen-bond acceptors (Lipinski definition) is 4. The van der Waals surface area contributed by atoms with Crippen molar-refractivity contribution >= 4 is 18.3 Å². The highest BCUT2D eigenvalue weighted by Gasteiger charge is 2.15. The molecule has 0 aliphatic heterocycles. The van der Waals surface area contributed by atoms with Crippen LogP contribution in [-0.4, -0.2) is 25.7 Å². The fraction of sp³-hybridized carbons (Fsp3) is 0.562. The molecule has 1 unspecified atom stereocenters. The molecule has 0 heterocycles. The Kier molecular flexibility index (Phi) is 8.90. The van der Waals surface area contributed by atoms with Crippen LogP contribution in [-0.2, 0) is 4.79 Å². The molecular weight excluding hydrogens is 304 g/mol. The van der Waals surface area contributed by atoms with Crippen molar-refractivity contribution in [1.82, 2.24) is 5.32 Å². The Labute approximate surface area is 139 Å². The van der Waals surface area contributed by atoms with Crippen molar-refractivity contribution in [3.63, 3.8) is 0 Å². The van der Waals surface area contributed by atoms with E-state index in [1.54, 1.807) is 14.0 Å². The van der Waals surface area contributed by atoms with Crippen molar-refractivity contribution in [2.75, 3.05) is 13.7 Å². The van der Waals surface area contributed by atoms with Crippen LogP contribution < -0.4 is 20.5 Å². The lowest BCUT2D eigenvalue weighted by atomic mass is 10.1. The number of nitrogens with two attached hydrogens (primary N) is 1. The third-order valence-corrected chi connectivity index (χ3v) is 3.03. The summed E-state index contributed by atoms with van der Waals surface area (Å²) in [5, 5.41) is 2.86. The summed E-state index contributed by atoms with van der Waals surface area (Å²) >= 11 is 0. The van der Waals surface area contributed by atoms with Gasteiger partial charge in [0.15, 0.2) is 11.5 Å². The van der Waals surface area contributed by atoms with E-state index in [4.69, 9.17) is 15.2 Å². The number of halogens is 1. The predicted octanol–water partition coefficient (Wildman–Crippen LogP) is 2.68. The van der Waals surface area contributed by atoms with E-state index in [0.717, 1.165) is 5.56 Å². The van der Waals surface area contributed by atoms with Gasteiger partial charge >= 0.3 is 0 Å². The van der Waals surface area contributed by atoms with Gasteiger partial charge in [0.05, 0.1) is 25.8 Å². The van der Waals surface area contributed by atoms with Crippen LogP contribution >= 0.6 is 12.4 Å². The van der Waals surface area contributed by atoms with Crippen LogP contribution in [0.2, 0.25) is 0 Å². The number of benzene rings is 1. The van der Waals surface area contributed by atoms with E-state index in [1.165, 1.54) is 0 Å². The first-order valence-corrected chi connectivity index (χ1v) is 7.21. The lowest BCUT2D eigenvalue weighted by Gasteiger charge is -2.18. The Hall–Kier alpha value is -1.46. The number of amides is 1. The third-order valence-electron chi connectivity index (χ3n) is 3.03. The van der Waals surface area contributed by atoms with Crippen molar-refractivity contribution in [3.8, 4) is 11.5 Å². The van der Waals surface area contributed by atoms with Gasteiger partial charge in [-0.1, -0.05) is 19.9 Å². The molecule has 0 aliphatic rings. The zero-order valence-electron chi connectivity index (χ0n) is 13.9. The zero-order valence-corrected chi connectivity index (χ0v) is 14.7. The fourth-order valence-electron chi connectivity index (χ4n) is 1.76. The average Bonchev–Trinajstić information content (AvgIpc) is 2.44. The van der Waals surface area contributed by atoms with Crippen molar-refractivity contribution < 1.29 is 14.3 Å². The lowest BCUT2D eigenvalue weighted by molar-refractivity contribution is -0.122. The number of carbonyl (C=O) groups excluding carboxylic acids is 1. The molecule has 0 saturated heterocycles. The van der Waals surface area contributed by atoms with Crippen molar-refractivity contribution in [2.24, 2.45) is 11.7 Å². The molecule has 22 heavy (non-hydrogen) atoms. The first-order valence-electron chi connectivity index (χ1n) is 7.21. The summed E-state index contributed by atoms with van der Waals surface area (Å²) in [5.41, 5.74) is 6.50. The highest BCUT2D eigenvalue weighted by Crippen LogP contribution is 2.30. The second-order valence-corrected chi connectivity index (χ2v) is 5.63. The third kappa shape index (κ3) is 6.12. The molecule has 1 aromatic rings. The maximum atomic E-state index is 11.6. The topological polar surface area (TPSA) is 73.6 Å². The molecule has 126 valence electrons. The van der Waals surface area contributed by atoms with E-state index >= 15 is 0 Å². The van der Waals surface area contributed by atoms with Gasteiger partial charge in [0, 0.05) is 0 Å². The van der Waals surface area contributed by atoms with Gasteiger partial charge in [0.25, 0.3) is 0 Å².